The van der Waals surface area contributed by atoms with E-state index in [9.17, 15) is 14.7 Å². The lowest BCUT2D eigenvalue weighted by Crippen LogP contribution is -2.27. The topological polar surface area (TPSA) is 106 Å². The van der Waals surface area contributed by atoms with Gasteiger partial charge >= 0.3 is 5.97 Å². The van der Waals surface area contributed by atoms with E-state index >= 15 is 0 Å². The molecule has 0 fully saturated rings. The van der Waals surface area contributed by atoms with Crippen LogP contribution < -0.4 is 10.1 Å². The summed E-state index contributed by atoms with van der Waals surface area (Å²) in [5, 5.41) is 20.1. The molecule has 4 aromatic rings. The molecular weight excluding hydrogens is 420 g/mol. The number of rotatable bonds is 8. The van der Waals surface area contributed by atoms with Gasteiger partial charge in [0, 0.05) is 5.56 Å². The molecular formula is C25H20N4O4. The highest BCUT2D eigenvalue weighted by Gasteiger charge is 2.13. The van der Waals surface area contributed by atoms with Crippen LogP contribution in [0.15, 0.2) is 97.0 Å². The van der Waals surface area contributed by atoms with Crippen LogP contribution in [0.5, 0.6) is 5.75 Å². The molecule has 164 valence electrons. The van der Waals surface area contributed by atoms with Crippen molar-refractivity contribution in [3.8, 4) is 11.4 Å². The number of amides is 1. The molecule has 0 aliphatic carbocycles. The van der Waals surface area contributed by atoms with Crippen LogP contribution in [-0.2, 0) is 11.4 Å². The Morgan fingerprint density at radius 1 is 0.909 bits per heavy atom. The van der Waals surface area contributed by atoms with Crippen molar-refractivity contribution >= 4 is 18.0 Å². The largest absolute Gasteiger partial charge is 0.489 e. The number of hydrogen-bond acceptors (Lipinski definition) is 5. The van der Waals surface area contributed by atoms with Crippen LogP contribution in [0.1, 0.15) is 21.5 Å². The smallest absolute Gasteiger partial charge is 0.352 e. The van der Waals surface area contributed by atoms with Gasteiger partial charge in [0.05, 0.1) is 18.1 Å². The van der Waals surface area contributed by atoms with Gasteiger partial charge in [0.2, 0.25) is 0 Å². The number of carboxylic acids is 1. The number of aromatic nitrogens is 3. The minimum atomic E-state index is -1.23. The Bertz CT molecular complexity index is 1250. The Labute approximate surface area is 189 Å². The summed E-state index contributed by atoms with van der Waals surface area (Å²) in [6, 6.07) is 23.0. The summed E-state index contributed by atoms with van der Waals surface area (Å²) in [5.74, 6) is -1.08. The average molecular weight is 440 g/mol. The van der Waals surface area contributed by atoms with Crippen LogP contribution in [0, 0.1) is 0 Å². The van der Waals surface area contributed by atoms with Crippen molar-refractivity contribution in [3.63, 3.8) is 0 Å². The van der Waals surface area contributed by atoms with Gasteiger partial charge in [-0.3, -0.25) is 4.79 Å². The fraction of sp³-hybridized carbons (Fsp3) is 0.0400. The second-order valence-electron chi connectivity index (χ2n) is 7.03. The quantitative estimate of drug-likeness (QED) is 0.405. The van der Waals surface area contributed by atoms with E-state index in [0.29, 0.717) is 23.5 Å². The Kier molecular flexibility index (Phi) is 6.56. The molecule has 0 atom stereocenters. The first-order chi connectivity index (χ1) is 16.1. The zero-order valence-electron chi connectivity index (χ0n) is 17.5. The Balaban J connectivity index is 1.37. The molecule has 0 saturated carbocycles. The molecule has 1 aromatic heterocycles. The lowest BCUT2D eigenvalue weighted by Gasteiger charge is -2.08. The van der Waals surface area contributed by atoms with E-state index < -0.39 is 11.9 Å². The number of benzene rings is 3. The molecule has 4 rings (SSSR count). The number of aliphatic carboxylic acids is 1. The minimum Gasteiger partial charge on any atom is -0.489 e. The van der Waals surface area contributed by atoms with Gasteiger partial charge in [0.25, 0.3) is 5.91 Å². The zero-order valence-corrected chi connectivity index (χ0v) is 17.5. The molecule has 0 bridgehead atoms. The van der Waals surface area contributed by atoms with Crippen LogP contribution in [0.3, 0.4) is 0 Å². The molecule has 0 aliphatic heterocycles. The van der Waals surface area contributed by atoms with Gasteiger partial charge in [0.1, 0.15) is 18.1 Å². The molecule has 1 amide bonds. The number of ether oxygens (including phenoxy) is 1. The maximum Gasteiger partial charge on any atom is 0.352 e. The second-order valence-corrected chi connectivity index (χ2v) is 7.03. The fourth-order valence-electron chi connectivity index (χ4n) is 3.00. The maximum absolute atomic E-state index is 12.3. The van der Waals surface area contributed by atoms with Crippen molar-refractivity contribution in [2.45, 2.75) is 6.61 Å². The van der Waals surface area contributed by atoms with Crippen LogP contribution in [0.25, 0.3) is 11.8 Å². The van der Waals surface area contributed by atoms with Gasteiger partial charge < -0.3 is 15.2 Å². The fourth-order valence-corrected chi connectivity index (χ4v) is 3.00. The summed E-state index contributed by atoms with van der Waals surface area (Å²) in [6.45, 7) is 0.371. The zero-order chi connectivity index (χ0) is 23.0. The first-order valence-electron chi connectivity index (χ1n) is 10.1. The normalized spacial score (nSPS) is 11.1. The second kappa shape index (κ2) is 10.1. The summed E-state index contributed by atoms with van der Waals surface area (Å²) in [7, 11) is 0. The Hall–Kier alpha value is -4.72. The van der Waals surface area contributed by atoms with Crippen molar-refractivity contribution in [1.29, 1.82) is 0 Å². The molecule has 0 unspecified atom stereocenters. The Morgan fingerprint density at radius 2 is 1.58 bits per heavy atom. The molecule has 0 spiro atoms. The van der Waals surface area contributed by atoms with Crippen molar-refractivity contribution in [1.82, 2.24) is 20.3 Å². The predicted molar refractivity (Wildman–Crippen MR) is 122 cm³/mol. The number of hydrogen-bond donors (Lipinski definition) is 2. The standard InChI is InChI=1S/C25H20N4O4/c30-24(20-4-2-1-3-5-20)28-23(25(31)32)16-18-8-12-22(13-9-18)33-17-19-6-10-21(11-7-19)29-26-14-15-27-29/h1-16H,17H2,(H,28,30)(H,31,32)/b23-16-. The van der Waals surface area contributed by atoms with Gasteiger partial charge in [-0.15, -0.1) is 0 Å². The van der Waals surface area contributed by atoms with Crippen LogP contribution in [0.2, 0.25) is 0 Å². The molecule has 0 radical (unpaired) electrons. The van der Waals surface area contributed by atoms with E-state index in [2.05, 4.69) is 15.5 Å². The highest BCUT2D eigenvalue weighted by atomic mass is 16.5. The van der Waals surface area contributed by atoms with E-state index in [-0.39, 0.29) is 5.70 Å². The minimum absolute atomic E-state index is 0.218. The number of nitrogens with one attached hydrogen (secondary N) is 1. The molecule has 0 aliphatic rings. The van der Waals surface area contributed by atoms with Crippen LogP contribution in [0.4, 0.5) is 0 Å². The van der Waals surface area contributed by atoms with Crippen molar-refractivity contribution in [2.24, 2.45) is 0 Å². The molecule has 8 heteroatoms. The van der Waals surface area contributed by atoms with E-state index in [0.717, 1.165) is 11.3 Å². The first kappa shape index (κ1) is 21.5. The molecule has 8 nitrogen and oxygen atoms in total. The highest BCUT2D eigenvalue weighted by molar-refractivity contribution is 6.02. The molecule has 2 N–H and O–H groups in total. The van der Waals surface area contributed by atoms with Gasteiger partial charge in [-0.25, -0.2) is 4.79 Å². The number of carbonyl (C=O) groups excluding carboxylic acids is 1. The monoisotopic (exact) mass is 440 g/mol. The summed E-state index contributed by atoms with van der Waals surface area (Å²) in [6.07, 6.45) is 4.63. The Morgan fingerprint density at radius 3 is 2.21 bits per heavy atom. The van der Waals surface area contributed by atoms with Gasteiger partial charge in [-0.1, -0.05) is 42.5 Å². The molecule has 1 heterocycles. The van der Waals surface area contributed by atoms with Crippen molar-refractivity contribution in [2.75, 3.05) is 0 Å². The van der Waals surface area contributed by atoms with Crippen molar-refractivity contribution < 1.29 is 19.4 Å². The number of carboxylic acid groups (broad SMARTS) is 1. The third-order valence-electron chi connectivity index (χ3n) is 4.70. The molecule has 3 aromatic carbocycles. The predicted octanol–water partition coefficient (Wildman–Crippen LogP) is 3.70. The third-order valence-corrected chi connectivity index (χ3v) is 4.70. The molecule has 0 saturated heterocycles. The van der Waals surface area contributed by atoms with Crippen LogP contribution >= 0.6 is 0 Å². The van der Waals surface area contributed by atoms with Gasteiger partial charge in [-0.05, 0) is 53.6 Å². The van der Waals surface area contributed by atoms with E-state index in [4.69, 9.17) is 4.74 Å². The SMILES string of the molecule is O=C(O)/C(=C/c1ccc(OCc2ccc(-n3nccn3)cc2)cc1)NC(=O)c1ccccc1. The lowest BCUT2D eigenvalue weighted by molar-refractivity contribution is -0.132. The third kappa shape index (κ3) is 5.71. The van der Waals surface area contributed by atoms with E-state index in [1.54, 1.807) is 67.0 Å². The maximum atomic E-state index is 12.3. The summed E-state index contributed by atoms with van der Waals surface area (Å²) < 4.78 is 5.81. The lowest BCUT2D eigenvalue weighted by atomic mass is 10.1. The summed E-state index contributed by atoms with van der Waals surface area (Å²) >= 11 is 0. The van der Waals surface area contributed by atoms with Gasteiger partial charge in [0.15, 0.2) is 0 Å². The van der Waals surface area contributed by atoms with E-state index in [1.807, 2.05) is 24.3 Å². The number of nitrogens with zero attached hydrogens (tertiary/aromatic N) is 3. The highest BCUT2D eigenvalue weighted by Crippen LogP contribution is 2.17. The first-order valence-corrected chi connectivity index (χ1v) is 10.1. The number of carbonyl (C=O) groups is 2. The van der Waals surface area contributed by atoms with Crippen molar-refractivity contribution in [3.05, 3.63) is 114 Å². The summed E-state index contributed by atoms with van der Waals surface area (Å²) in [5.41, 5.74) is 2.61. The van der Waals surface area contributed by atoms with Crippen LogP contribution in [-0.4, -0.2) is 32.0 Å². The average Bonchev–Trinajstić information content (AvgIpc) is 3.39. The summed E-state index contributed by atoms with van der Waals surface area (Å²) in [4.78, 5) is 25.4. The van der Waals surface area contributed by atoms with E-state index in [1.165, 1.54) is 10.9 Å². The molecule has 33 heavy (non-hydrogen) atoms. The van der Waals surface area contributed by atoms with Gasteiger partial charge in [-0.2, -0.15) is 15.0 Å².